The number of nitrogens with zero attached hydrogens (tertiary/aromatic N) is 2. The van der Waals surface area contributed by atoms with Gasteiger partial charge in [-0.2, -0.15) is 5.10 Å². The first-order chi connectivity index (χ1) is 14.3. The third-order valence-electron chi connectivity index (χ3n) is 4.32. The van der Waals surface area contributed by atoms with Gasteiger partial charge in [-0.1, -0.05) is 23.2 Å². The summed E-state index contributed by atoms with van der Waals surface area (Å²) in [4.78, 5) is 24.4. The van der Waals surface area contributed by atoms with E-state index in [0.717, 1.165) is 17.1 Å². The highest BCUT2D eigenvalue weighted by Crippen LogP contribution is 2.27. The van der Waals surface area contributed by atoms with E-state index in [1.807, 2.05) is 13.8 Å². The molecule has 0 radical (unpaired) electrons. The van der Waals surface area contributed by atoms with Gasteiger partial charge in [-0.15, -0.1) is 0 Å². The molecule has 1 aromatic heterocycles. The molecule has 0 bridgehead atoms. The normalized spacial score (nSPS) is 10.6. The molecule has 2 aromatic carbocycles. The molecule has 0 saturated heterocycles. The maximum atomic E-state index is 12.3. The van der Waals surface area contributed by atoms with Crippen molar-refractivity contribution in [2.75, 3.05) is 19.0 Å². The van der Waals surface area contributed by atoms with Gasteiger partial charge in [0.25, 0.3) is 5.91 Å². The monoisotopic (exact) mass is 447 g/mol. The molecule has 3 aromatic rings. The lowest BCUT2D eigenvalue weighted by Gasteiger charge is -2.11. The Labute approximate surface area is 183 Å². The van der Waals surface area contributed by atoms with Crippen LogP contribution in [0, 0.1) is 13.8 Å². The fourth-order valence-electron chi connectivity index (χ4n) is 2.79. The van der Waals surface area contributed by atoms with Gasteiger partial charge in [0.05, 0.1) is 40.5 Å². The number of carbonyl (C=O) groups is 2. The Bertz CT molecular complexity index is 1090. The molecule has 1 N–H and O–H groups in total. The van der Waals surface area contributed by atoms with E-state index >= 15 is 0 Å². The van der Waals surface area contributed by atoms with Gasteiger partial charge >= 0.3 is 5.97 Å². The van der Waals surface area contributed by atoms with Crippen LogP contribution in [-0.4, -0.2) is 35.4 Å². The minimum atomic E-state index is -0.624. The van der Waals surface area contributed by atoms with E-state index in [1.54, 1.807) is 47.1 Å². The summed E-state index contributed by atoms with van der Waals surface area (Å²) in [5, 5.41) is 8.01. The highest BCUT2D eigenvalue weighted by molar-refractivity contribution is 6.32. The second-order valence-corrected chi connectivity index (χ2v) is 7.23. The van der Waals surface area contributed by atoms with E-state index in [0.29, 0.717) is 27.0 Å². The average molecular weight is 448 g/mol. The zero-order valence-corrected chi connectivity index (χ0v) is 18.0. The third kappa shape index (κ3) is 4.75. The molecule has 9 heteroatoms. The van der Waals surface area contributed by atoms with Crippen molar-refractivity contribution in [3.63, 3.8) is 0 Å². The molecule has 0 spiro atoms. The molecule has 3 rings (SSSR count). The minimum absolute atomic E-state index is 0.305. The summed E-state index contributed by atoms with van der Waals surface area (Å²) in [6, 6.07) is 11.5. The third-order valence-corrected chi connectivity index (χ3v) is 5.10. The largest absolute Gasteiger partial charge is 0.495 e. The number of ether oxygens (including phenoxy) is 2. The Kier molecular flexibility index (Phi) is 6.64. The Balaban J connectivity index is 1.62. The van der Waals surface area contributed by atoms with Gasteiger partial charge in [-0.25, -0.2) is 9.48 Å². The smallest absolute Gasteiger partial charge is 0.338 e. The van der Waals surface area contributed by atoms with E-state index in [-0.39, 0.29) is 0 Å². The fourth-order valence-corrected chi connectivity index (χ4v) is 3.08. The van der Waals surface area contributed by atoms with Crippen molar-refractivity contribution in [1.82, 2.24) is 9.78 Å². The number of methoxy groups -OCH3 is 1. The number of halogens is 2. The van der Waals surface area contributed by atoms with E-state index in [4.69, 9.17) is 32.7 Å². The molecule has 0 aliphatic carbocycles. The maximum absolute atomic E-state index is 12.3. The predicted octanol–water partition coefficient (Wildman–Crippen LogP) is 4.60. The zero-order valence-electron chi connectivity index (χ0n) is 16.5. The lowest BCUT2D eigenvalue weighted by atomic mass is 10.2. The van der Waals surface area contributed by atoms with Crippen LogP contribution >= 0.6 is 23.2 Å². The summed E-state index contributed by atoms with van der Waals surface area (Å²) in [6.45, 7) is 3.23. The van der Waals surface area contributed by atoms with Crippen molar-refractivity contribution in [1.29, 1.82) is 0 Å². The first-order valence-electron chi connectivity index (χ1n) is 8.93. The number of benzene rings is 2. The lowest BCUT2D eigenvalue weighted by molar-refractivity contribution is -0.119. The second-order valence-electron chi connectivity index (χ2n) is 6.41. The SMILES string of the molecule is COc1ccc(Cl)cc1NC(=O)COC(=O)c1ccc(-n2nc(C)c(Cl)c2C)cc1. The Morgan fingerprint density at radius 2 is 1.80 bits per heavy atom. The number of carbonyl (C=O) groups excluding carboxylic acids is 2. The number of nitrogens with one attached hydrogen (secondary N) is 1. The van der Waals surface area contributed by atoms with Crippen LogP contribution in [0.2, 0.25) is 10.0 Å². The Hall–Kier alpha value is -3.03. The maximum Gasteiger partial charge on any atom is 0.338 e. The summed E-state index contributed by atoms with van der Waals surface area (Å²) in [5.41, 5.74) is 2.97. The second kappa shape index (κ2) is 9.19. The van der Waals surface area contributed by atoms with E-state index in [2.05, 4.69) is 10.4 Å². The summed E-state index contributed by atoms with van der Waals surface area (Å²) < 4.78 is 11.9. The number of anilines is 1. The Morgan fingerprint density at radius 1 is 1.10 bits per heavy atom. The molecule has 1 heterocycles. The topological polar surface area (TPSA) is 82.5 Å². The van der Waals surface area contributed by atoms with E-state index in [9.17, 15) is 9.59 Å². The van der Waals surface area contributed by atoms with Gasteiger partial charge in [-0.3, -0.25) is 4.79 Å². The van der Waals surface area contributed by atoms with E-state index in [1.165, 1.54) is 7.11 Å². The number of rotatable bonds is 6. The van der Waals surface area contributed by atoms with Crippen molar-refractivity contribution in [3.05, 3.63) is 69.5 Å². The molecule has 156 valence electrons. The molecular formula is C21H19Cl2N3O4. The van der Waals surface area contributed by atoms with Crippen LogP contribution < -0.4 is 10.1 Å². The standard InChI is InChI=1S/C21H19Cl2N3O4/c1-12-20(23)13(2)26(25-12)16-7-4-14(5-8-16)21(28)30-11-19(27)24-17-10-15(22)6-9-18(17)29-3/h4-10H,11H2,1-3H3,(H,24,27). The van der Waals surface area contributed by atoms with Crippen molar-refractivity contribution >= 4 is 40.8 Å². The van der Waals surface area contributed by atoms with Crippen LogP contribution in [0.25, 0.3) is 5.69 Å². The molecule has 30 heavy (non-hydrogen) atoms. The fraction of sp³-hybridized carbons (Fsp3) is 0.190. The summed E-state index contributed by atoms with van der Waals surface area (Å²) in [5.74, 6) is -0.696. The van der Waals surface area contributed by atoms with Crippen molar-refractivity contribution in [3.8, 4) is 11.4 Å². The predicted molar refractivity (Wildman–Crippen MR) is 115 cm³/mol. The number of amides is 1. The number of aromatic nitrogens is 2. The van der Waals surface area contributed by atoms with Crippen molar-refractivity contribution in [2.45, 2.75) is 13.8 Å². The minimum Gasteiger partial charge on any atom is -0.495 e. The summed E-state index contributed by atoms with van der Waals surface area (Å²) in [7, 11) is 1.47. The molecule has 0 unspecified atom stereocenters. The van der Waals surface area contributed by atoms with Gasteiger partial charge in [-0.05, 0) is 56.3 Å². The van der Waals surface area contributed by atoms with Gasteiger partial charge < -0.3 is 14.8 Å². The molecule has 0 atom stereocenters. The quantitative estimate of drug-likeness (QED) is 0.558. The van der Waals surface area contributed by atoms with Gasteiger partial charge in [0.1, 0.15) is 5.75 Å². The van der Waals surface area contributed by atoms with Crippen LogP contribution in [0.1, 0.15) is 21.7 Å². The van der Waals surface area contributed by atoms with Gasteiger partial charge in [0.15, 0.2) is 6.61 Å². The van der Waals surface area contributed by atoms with Crippen molar-refractivity contribution < 1.29 is 19.1 Å². The molecule has 0 saturated carbocycles. The van der Waals surface area contributed by atoms with Crippen LogP contribution in [0.15, 0.2) is 42.5 Å². The molecule has 1 amide bonds. The number of hydrogen-bond donors (Lipinski definition) is 1. The first kappa shape index (κ1) is 21.7. The highest BCUT2D eigenvalue weighted by atomic mass is 35.5. The average Bonchev–Trinajstić information content (AvgIpc) is 2.99. The summed E-state index contributed by atoms with van der Waals surface area (Å²) in [6.07, 6.45) is 0. The molecule has 0 aliphatic heterocycles. The first-order valence-corrected chi connectivity index (χ1v) is 9.68. The van der Waals surface area contributed by atoms with Gasteiger partial charge in [0.2, 0.25) is 0 Å². The van der Waals surface area contributed by atoms with Crippen LogP contribution in [0.4, 0.5) is 5.69 Å². The van der Waals surface area contributed by atoms with Gasteiger partial charge in [0, 0.05) is 5.02 Å². The number of aryl methyl sites for hydroxylation is 1. The number of esters is 1. The highest BCUT2D eigenvalue weighted by Gasteiger charge is 2.14. The summed E-state index contributed by atoms with van der Waals surface area (Å²) >= 11 is 12.1. The number of hydrogen-bond acceptors (Lipinski definition) is 5. The molecular weight excluding hydrogens is 429 g/mol. The zero-order chi connectivity index (χ0) is 21.8. The molecule has 0 aliphatic rings. The van der Waals surface area contributed by atoms with Crippen molar-refractivity contribution in [2.24, 2.45) is 0 Å². The molecule has 0 fully saturated rings. The van der Waals surface area contributed by atoms with Crippen LogP contribution in [-0.2, 0) is 9.53 Å². The van der Waals surface area contributed by atoms with Crippen LogP contribution in [0.3, 0.4) is 0 Å². The Morgan fingerprint density at radius 3 is 2.40 bits per heavy atom. The van der Waals surface area contributed by atoms with Crippen LogP contribution in [0.5, 0.6) is 5.75 Å². The molecule has 7 nitrogen and oxygen atoms in total. The lowest BCUT2D eigenvalue weighted by Crippen LogP contribution is -2.21. The van der Waals surface area contributed by atoms with E-state index < -0.39 is 18.5 Å².